The highest BCUT2D eigenvalue weighted by Crippen LogP contribution is 2.29. The van der Waals surface area contributed by atoms with E-state index in [4.69, 9.17) is 5.73 Å². The first-order valence-electron chi connectivity index (χ1n) is 6.56. The summed E-state index contributed by atoms with van der Waals surface area (Å²) in [5.41, 5.74) is 6.38. The van der Waals surface area contributed by atoms with Crippen molar-refractivity contribution in [2.45, 2.75) is 37.6 Å². The van der Waals surface area contributed by atoms with E-state index in [9.17, 15) is 16.8 Å². The zero-order valence-corrected chi connectivity index (χ0v) is 13.9. The second-order valence-electron chi connectivity index (χ2n) is 5.93. The van der Waals surface area contributed by atoms with Gasteiger partial charge in [0, 0.05) is 5.54 Å². The lowest BCUT2D eigenvalue weighted by Crippen LogP contribution is -2.47. The van der Waals surface area contributed by atoms with Crippen molar-refractivity contribution in [3.05, 3.63) is 23.3 Å². The van der Waals surface area contributed by atoms with Crippen LogP contribution in [0.15, 0.2) is 17.0 Å². The second kappa shape index (κ2) is 4.96. The minimum atomic E-state index is -3.88. The van der Waals surface area contributed by atoms with Gasteiger partial charge in [-0.3, -0.25) is 0 Å². The molecule has 1 aromatic rings. The van der Waals surface area contributed by atoms with Crippen molar-refractivity contribution in [1.82, 2.24) is 4.72 Å². The average molecular weight is 332 g/mol. The van der Waals surface area contributed by atoms with E-state index in [1.54, 1.807) is 32.9 Å². The molecular weight excluding hydrogens is 312 g/mol. The standard InChI is InChI=1S/C13H20N2O4S2/c1-9-4-5-11(14)12(10(9)2)21(18,19)15-13(3)6-7-20(16,17)8-13/h4-5,15H,6-8,14H2,1-3H3. The number of nitrogens with two attached hydrogens (primary N) is 1. The lowest BCUT2D eigenvalue weighted by atomic mass is 10.0. The quantitative estimate of drug-likeness (QED) is 0.794. The molecule has 1 aromatic carbocycles. The minimum Gasteiger partial charge on any atom is -0.398 e. The Bertz CT molecular complexity index is 785. The first-order valence-corrected chi connectivity index (χ1v) is 9.86. The van der Waals surface area contributed by atoms with Crippen molar-refractivity contribution in [1.29, 1.82) is 0 Å². The SMILES string of the molecule is Cc1ccc(N)c(S(=O)(=O)NC2(C)CCS(=O)(=O)C2)c1C. The highest BCUT2D eigenvalue weighted by Gasteiger charge is 2.42. The van der Waals surface area contributed by atoms with E-state index in [1.807, 2.05) is 0 Å². The molecule has 3 N–H and O–H groups in total. The van der Waals surface area contributed by atoms with Crippen LogP contribution in [0.25, 0.3) is 0 Å². The number of aryl methyl sites for hydroxylation is 1. The van der Waals surface area contributed by atoms with Crippen molar-refractivity contribution in [2.75, 3.05) is 17.2 Å². The summed E-state index contributed by atoms with van der Waals surface area (Å²) in [6.45, 7) is 5.10. The van der Waals surface area contributed by atoms with Gasteiger partial charge in [0.05, 0.1) is 17.2 Å². The fourth-order valence-electron chi connectivity index (χ4n) is 2.63. The van der Waals surface area contributed by atoms with Gasteiger partial charge >= 0.3 is 0 Å². The molecule has 1 aliphatic rings. The number of sulfonamides is 1. The van der Waals surface area contributed by atoms with Crippen molar-refractivity contribution in [3.8, 4) is 0 Å². The maximum atomic E-state index is 12.6. The molecular formula is C13H20N2O4S2. The van der Waals surface area contributed by atoms with Crippen LogP contribution >= 0.6 is 0 Å². The van der Waals surface area contributed by atoms with Gasteiger partial charge in [-0.2, -0.15) is 0 Å². The van der Waals surface area contributed by atoms with E-state index in [-0.39, 0.29) is 28.5 Å². The number of rotatable bonds is 3. The van der Waals surface area contributed by atoms with Gasteiger partial charge in [0.15, 0.2) is 9.84 Å². The maximum absolute atomic E-state index is 12.6. The number of nitrogens with one attached hydrogen (secondary N) is 1. The zero-order valence-electron chi connectivity index (χ0n) is 12.3. The summed E-state index contributed by atoms with van der Waals surface area (Å²) in [5.74, 6) is -0.196. The first-order chi connectivity index (χ1) is 9.46. The van der Waals surface area contributed by atoms with Gasteiger partial charge in [-0.15, -0.1) is 0 Å². The van der Waals surface area contributed by atoms with Gasteiger partial charge in [0.1, 0.15) is 4.90 Å². The summed E-state index contributed by atoms with van der Waals surface area (Å²) < 4.78 is 50.9. The van der Waals surface area contributed by atoms with Gasteiger partial charge in [0.2, 0.25) is 10.0 Å². The fourth-order valence-corrected chi connectivity index (χ4v) is 6.69. The van der Waals surface area contributed by atoms with Crippen LogP contribution in [0.1, 0.15) is 24.5 Å². The normalized spacial score (nSPS) is 25.1. The van der Waals surface area contributed by atoms with Crippen molar-refractivity contribution < 1.29 is 16.8 Å². The van der Waals surface area contributed by atoms with Gasteiger partial charge in [-0.25, -0.2) is 21.6 Å². The highest BCUT2D eigenvalue weighted by atomic mass is 32.2. The monoisotopic (exact) mass is 332 g/mol. The summed E-state index contributed by atoms with van der Waals surface area (Å²) in [7, 11) is -7.07. The van der Waals surface area contributed by atoms with Crippen LogP contribution in [0, 0.1) is 13.8 Å². The number of nitrogen functional groups attached to an aromatic ring is 1. The highest BCUT2D eigenvalue weighted by molar-refractivity contribution is 7.92. The second-order valence-corrected chi connectivity index (χ2v) is 9.74. The van der Waals surface area contributed by atoms with Gasteiger partial charge < -0.3 is 5.73 Å². The van der Waals surface area contributed by atoms with Crippen LogP contribution in [0.5, 0.6) is 0 Å². The van der Waals surface area contributed by atoms with E-state index >= 15 is 0 Å². The smallest absolute Gasteiger partial charge is 0.243 e. The molecule has 8 heteroatoms. The molecule has 0 bridgehead atoms. The molecule has 0 amide bonds. The molecule has 1 aliphatic heterocycles. The number of sulfone groups is 1. The Hall–Kier alpha value is -1.12. The van der Waals surface area contributed by atoms with Crippen LogP contribution in [-0.4, -0.2) is 33.9 Å². The Morgan fingerprint density at radius 1 is 1.29 bits per heavy atom. The van der Waals surface area contributed by atoms with Crippen LogP contribution in [0.2, 0.25) is 0 Å². The number of hydrogen-bond acceptors (Lipinski definition) is 5. The van der Waals surface area contributed by atoms with E-state index in [2.05, 4.69) is 4.72 Å². The third-order valence-electron chi connectivity index (χ3n) is 3.86. The summed E-state index contributed by atoms with van der Waals surface area (Å²) >= 11 is 0. The van der Waals surface area contributed by atoms with Gasteiger partial charge in [-0.1, -0.05) is 6.07 Å². The molecule has 1 saturated heterocycles. The van der Waals surface area contributed by atoms with Gasteiger partial charge in [0.25, 0.3) is 0 Å². The largest absolute Gasteiger partial charge is 0.398 e. The zero-order chi connectivity index (χ0) is 16.1. The van der Waals surface area contributed by atoms with E-state index in [0.717, 1.165) is 5.56 Å². The third-order valence-corrected chi connectivity index (χ3v) is 7.60. The van der Waals surface area contributed by atoms with Crippen LogP contribution in [0.4, 0.5) is 5.69 Å². The lowest BCUT2D eigenvalue weighted by Gasteiger charge is -2.25. The van der Waals surface area contributed by atoms with E-state index < -0.39 is 25.4 Å². The van der Waals surface area contributed by atoms with Crippen molar-refractivity contribution in [3.63, 3.8) is 0 Å². The van der Waals surface area contributed by atoms with E-state index in [1.165, 1.54) is 0 Å². The Balaban J connectivity index is 2.43. The molecule has 6 nitrogen and oxygen atoms in total. The molecule has 118 valence electrons. The molecule has 0 radical (unpaired) electrons. The molecule has 0 spiro atoms. The lowest BCUT2D eigenvalue weighted by molar-refractivity contribution is 0.461. The summed E-state index contributed by atoms with van der Waals surface area (Å²) in [5, 5.41) is 0. The molecule has 0 saturated carbocycles. The predicted molar refractivity (Wildman–Crippen MR) is 82.3 cm³/mol. The van der Waals surface area contributed by atoms with E-state index in [0.29, 0.717) is 5.56 Å². The number of anilines is 1. The first kappa shape index (κ1) is 16.3. The van der Waals surface area contributed by atoms with Crippen molar-refractivity contribution >= 4 is 25.5 Å². The summed E-state index contributed by atoms with van der Waals surface area (Å²) in [4.78, 5) is 0.0352. The topological polar surface area (TPSA) is 106 Å². The average Bonchev–Trinajstić information content (AvgIpc) is 2.57. The molecule has 0 aliphatic carbocycles. The fraction of sp³-hybridized carbons (Fsp3) is 0.538. The van der Waals surface area contributed by atoms with Crippen LogP contribution < -0.4 is 10.5 Å². The Labute approximate surface area is 125 Å². The Morgan fingerprint density at radius 2 is 1.90 bits per heavy atom. The van der Waals surface area contributed by atoms with Crippen LogP contribution in [-0.2, 0) is 19.9 Å². The van der Waals surface area contributed by atoms with Crippen molar-refractivity contribution in [2.24, 2.45) is 0 Å². The molecule has 1 unspecified atom stereocenters. The Kier molecular flexibility index (Phi) is 3.84. The summed E-state index contributed by atoms with van der Waals surface area (Å²) in [6.07, 6.45) is 0.263. The Morgan fingerprint density at radius 3 is 2.43 bits per heavy atom. The molecule has 1 heterocycles. The molecule has 21 heavy (non-hydrogen) atoms. The number of hydrogen-bond donors (Lipinski definition) is 2. The molecule has 2 rings (SSSR count). The molecule has 0 aromatic heterocycles. The molecule has 1 fully saturated rings. The maximum Gasteiger partial charge on any atom is 0.243 e. The van der Waals surface area contributed by atoms with Gasteiger partial charge in [-0.05, 0) is 44.4 Å². The molecule has 1 atom stereocenters. The summed E-state index contributed by atoms with van der Waals surface area (Å²) in [6, 6.07) is 3.30. The number of benzene rings is 1. The minimum absolute atomic E-state index is 0.00565. The van der Waals surface area contributed by atoms with Crippen LogP contribution in [0.3, 0.4) is 0 Å². The predicted octanol–water partition coefficient (Wildman–Crippen LogP) is 0.741. The third kappa shape index (κ3) is 3.22.